The maximum atomic E-state index is 12.4. The summed E-state index contributed by atoms with van der Waals surface area (Å²) in [5.74, 6) is 1.19. The normalized spacial score (nSPS) is 22.8. The predicted octanol–water partition coefficient (Wildman–Crippen LogP) is 4.26. The Morgan fingerprint density at radius 2 is 2.06 bits per heavy atom. The summed E-state index contributed by atoms with van der Waals surface area (Å²) >= 11 is 4.12. The number of nitrogens with one attached hydrogen (secondary N) is 3. The van der Waals surface area contributed by atoms with Gasteiger partial charge in [-0.1, -0.05) is 38.3 Å². The smallest absolute Gasteiger partial charge is 0.229 e. The van der Waals surface area contributed by atoms with Crippen LogP contribution in [0.25, 0.3) is 0 Å². The Hall–Kier alpha value is -2.27. The summed E-state index contributed by atoms with van der Waals surface area (Å²) in [5, 5.41) is 7.11. The third kappa shape index (κ3) is 6.11. The fourth-order valence-electron chi connectivity index (χ4n) is 4.95. The summed E-state index contributed by atoms with van der Waals surface area (Å²) in [4.78, 5) is 23.1. The minimum Gasteiger partial charge on any atom is -0.760 e. The molecule has 1 aromatic carbocycles. The van der Waals surface area contributed by atoms with Gasteiger partial charge in [-0.25, -0.2) is 9.71 Å². The predicted molar refractivity (Wildman–Crippen MR) is 139 cm³/mol. The van der Waals surface area contributed by atoms with Crippen molar-refractivity contribution in [2.24, 2.45) is 5.92 Å². The average Bonchev–Trinajstić information content (AvgIpc) is 2.91. The van der Waals surface area contributed by atoms with Gasteiger partial charge in [0, 0.05) is 48.7 Å². The lowest BCUT2D eigenvalue weighted by Gasteiger charge is -2.33. The first-order valence-electron chi connectivity index (χ1n) is 11.9. The molecule has 0 saturated heterocycles. The minimum atomic E-state index is -2.28. The van der Waals surface area contributed by atoms with Crippen LogP contribution >= 0.6 is 11.6 Å². The van der Waals surface area contributed by atoms with Gasteiger partial charge in [0.25, 0.3) is 0 Å². The number of aromatic nitrogens is 2. The van der Waals surface area contributed by atoms with Crippen molar-refractivity contribution in [3.05, 3.63) is 35.0 Å². The van der Waals surface area contributed by atoms with E-state index in [-0.39, 0.29) is 23.3 Å². The molecule has 4 rings (SSSR count). The topological polar surface area (TPSA) is 122 Å². The molecule has 1 aliphatic carbocycles. The Morgan fingerprint density at radius 3 is 2.83 bits per heavy atom. The van der Waals surface area contributed by atoms with E-state index in [1.807, 2.05) is 19.2 Å². The molecule has 1 aliphatic heterocycles. The van der Waals surface area contributed by atoms with Gasteiger partial charge in [-0.3, -0.25) is 9.00 Å². The summed E-state index contributed by atoms with van der Waals surface area (Å²) < 4.78 is 24.4. The number of anilines is 4. The summed E-state index contributed by atoms with van der Waals surface area (Å²) in [5.41, 5.74) is 2.68. The first kappa shape index (κ1) is 25.8. The Labute approximate surface area is 213 Å². The van der Waals surface area contributed by atoms with Gasteiger partial charge >= 0.3 is 0 Å². The van der Waals surface area contributed by atoms with Crippen LogP contribution in [0, 0.1) is 5.92 Å². The molecule has 0 spiro atoms. The fourth-order valence-corrected chi connectivity index (χ4v) is 5.45. The lowest BCUT2D eigenvalue weighted by Crippen LogP contribution is -2.39. The van der Waals surface area contributed by atoms with Gasteiger partial charge in [-0.05, 0) is 54.4 Å². The molecule has 190 valence electrons. The van der Waals surface area contributed by atoms with Gasteiger partial charge in [0.15, 0.2) is 5.82 Å². The molecule has 35 heavy (non-hydrogen) atoms. The lowest BCUT2D eigenvalue weighted by molar-refractivity contribution is -0.118. The molecule has 1 amide bonds. The van der Waals surface area contributed by atoms with E-state index in [4.69, 9.17) is 11.6 Å². The van der Waals surface area contributed by atoms with Crippen molar-refractivity contribution < 1.29 is 13.6 Å². The Bertz CT molecular complexity index is 1110. The van der Waals surface area contributed by atoms with Gasteiger partial charge in [-0.15, -0.1) is 0 Å². The molecule has 2 aromatic rings. The van der Waals surface area contributed by atoms with Crippen molar-refractivity contribution in [3.63, 3.8) is 0 Å². The van der Waals surface area contributed by atoms with Crippen molar-refractivity contribution in [1.29, 1.82) is 0 Å². The second-order valence-corrected chi connectivity index (χ2v) is 11.1. The maximum absolute atomic E-state index is 12.4. The van der Waals surface area contributed by atoms with Crippen LogP contribution in [0.15, 0.2) is 24.4 Å². The first-order valence-corrected chi connectivity index (χ1v) is 13.4. The van der Waals surface area contributed by atoms with E-state index in [2.05, 4.69) is 45.2 Å². The number of hydrogen-bond acceptors (Lipinski definition) is 7. The number of fused-ring (bicyclic) bond motifs is 1. The first-order chi connectivity index (χ1) is 16.6. The molecular weight excluding hydrogens is 488 g/mol. The number of halogens is 1. The van der Waals surface area contributed by atoms with Crippen molar-refractivity contribution >= 4 is 51.9 Å². The molecule has 1 unspecified atom stereocenters. The molecule has 11 heteroatoms. The number of carbonyl (C=O) groups excluding carboxylic acids is 1. The molecule has 3 atom stereocenters. The second kappa shape index (κ2) is 10.8. The number of hydrogen-bond donors (Lipinski definition) is 3. The third-order valence-corrected chi connectivity index (χ3v) is 7.80. The van der Waals surface area contributed by atoms with E-state index in [1.54, 1.807) is 11.1 Å². The summed E-state index contributed by atoms with van der Waals surface area (Å²) in [6.07, 6.45) is 6.81. The van der Waals surface area contributed by atoms with E-state index in [1.165, 1.54) is 0 Å². The highest BCUT2D eigenvalue weighted by Gasteiger charge is 2.31. The molecule has 2 aliphatic rings. The van der Waals surface area contributed by atoms with Crippen molar-refractivity contribution in [3.8, 4) is 0 Å². The molecule has 3 N–H and O–H groups in total. The Kier molecular flexibility index (Phi) is 7.95. The molecule has 1 aromatic heterocycles. The quantitative estimate of drug-likeness (QED) is 0.467. The zero-order valence-corrected chi connectivity index (χ0v) is 21.8. The minimum absolute atomic E-state index is 0.0569. The van der Waals surface area contributed by atoms with E-state index < -0.39 is 11.3 Å². The highest BCUT2D eigenvalue weighted by atomic mass is 35.5. The van der Waals surface area contributed by atoms with E-state index in [0.717, 1.165) is 49.0 Å². The van der Waals surface area contributed by atoms with Crippen LogP contribution in [0.1, 0.15) is 57.9 Å². The summed E-state index contributed by atoms with van der Waals surface area (Å²) in [6, 6.07) is 5.99. The second-order valence-electron chi connectivity index (χ2n) is 9.96. The SMILES string of the molecule is CN1C(=O)CCC(C)(C)c2cc(Nc3ncc(Cl)c(N[C@@H]4CCCC[C@@H]4CNS(=O)[O-])n3)ccc21. The fraction of sp³-hybridized carbons (Fsp3) is 0.542. The molecule has 1 saturated carbocycles. The van der Waals surface area contributed by atoms with E-state index in [0.29, 0.717) is 29.8 Å². The molecular formula is C24H32ClN6O3S-. The van der Waals surface area contributed by atoms with Crippen molar-refractivity contribution in [2.75, 3.05) is 29.1 Å². The Balaban J connectivity index is 1.54. The van der Waals surface area contributed by atoms with Crippen LogP contribution in [0.5, 0.6) is 0 Å². The lowest BCUT2D eigenvalue weighted by atomic mass is 9.80. The number of amides is 1. The highest BCUT2D eigenvalue weighted by molar-refractivity contribution is 7.77. The average molecular weight is 520 g/mol. The van der Waals surface area contributed by atoms with Gasteiger partial charge in [0.05, 0.1) is 6.20 Å². The van der Waals surface area contributed by atoms with Crippen LogP contribution in [0.2, 0.25) is 5.02 Å². The monoisotopic (exact) mass is 519 g/mol. The van der Waals surface area contributed by atoms with Gasteiger partial charge in [0.2, 0.25) is 11.9 Å². The maximum Gasteiger partial charge on any atom is 0.229 e. The molecule has 0 bridgehead atoms. The summed E-state index contributed by atoms with van der Waals surface area (Å²) in [7, 11) is 1.82. The van der Waals surface area contributed by atoms with Crippen molar-refractivity contribution in [1.82, 2.24) is 14.7 Å². The zero-order valence-electron chi connectivity index (χ0n) is 20.3. The van der Waals surface area contributed by atoms with Gasteiger partial charge in [0.1, 0.15) is 5.02 Å². The Morgan fingerprint density at radius 1 is 1.29 bits per heavy atom. The van der Waals surface area contributed by atoms with Crippen molar-refractivity contribution in [2.45, 2.75) is 63.8 Å². The summed E-state index contributed by atoms with van der Waals surface area (Å²) in [6.45, 7) is 4.69. The number of nitrogens with zero attached hydrogens (tertiary/aromatic N) is 3. The van der Waals surface area contributed by atoms with Gasteiger partial charge in [-0.2, -0.15) is 4.98 Å². The standard InChI is InChI=1S/C24H33ClN6O3S/c1-24(2)11-10-21(32)31(3)20-9-8-16(12-17(20)24)28-23-26-14-18(25)22(30-23)29-19-7-5-4-6-15(19)13-27-35(33)34/h8-9,12,14-15,19,27H,4-7,10-11,13H2,1-3H3,(H,33,34)(H2,26,28,29,30)/p-1/t15-,19-/m1/s1. The molecule has 0 radical (unpaired) electrons. The van der Waals surface area contributed by atoms with Crippen LogP contribution in [0.4, 0.5) is 23.1 Å². The largest absolute Gasteiger partial charge is 0.760 e. The number of rotatable bonds is 7. The molecule has 2 heterocycles. The van der Waals surface area contributed by atoms with E-state index >= 15 is 0 Å². The van der Waals surface area contributed by atoms with Gasteiger partial charge < -0.3 is 20.1 Å². The molecule has 9 nitrogen and oxygen atoms in total. The van der Waals surface area contributed by atoms with Crippen LogP contribution in [0.3, 0.4) is 0 Å². The number of benzene rings is 1. The van der Waals surface area contributed by atoms with E-state index in [9.17, 15) is 13.6 Å². The third-order valence-electron chi connectivity index (χ3n) is 7.12. The number of carbonyl (C=O) groups is 1. The van der Waals surface area contributed by atoms with Crippen LogP contribution in [-0.2, 0) is 21.5 Å². The molecule has 1 fully saturated rings. The van der Waals surface area contributed by atoms with Crippen LogP contribution < -0.4 is 20.3 Å². The highest BCUT2D eigenvalue weighted by Crippen LogP contribution is 2.40. The van der Waals surface area contributed by atoms with Crippen LogP contribution in [-0.4, -0.2) is 44.3 Å². The zero-order chi connectivity index (χ0) is 25.2.